The normalized spacial score (nSPS) is 21.6. The summed E-state index contributed by atoms with van der Waals surface area (Å²) < 4.78 is 0. The van der Waals surface area contributed by atoms with Gasteiger partial charge in [0.1, 0.15) is 5.54 Å². The number of urea groups is 1. The molecule has 1 atom stereocenters. The topological polar surface area (TPSA) is 85.8 Å². The molecular formula is C16H31N5O2. The summed E-state index contributed by atoms with van der Waals surface area (Å²) in [6.07, 6.45) is 4.80. The SMILES string of the molecule is CCCCCNC(=NC)NCCCN1C(=O)NC(C)(CC)C1=O. The molecule has 1 fully saturated rings. The molecule has 0 aromatic rings. The van der Waals surface area contributed by atoms with Gasteiger partial charge in [-0.1, -0.05) is 26.7 Å². The van der Waals surface area contributed by atoms with E-state index in [1.165, 1.54) is 17.7 Å². The van der Waals surface area contributed by atoms with Gasteiger partial charge in [-0.2, -0.15) is 0 Å². The van der Waals surface area contributed by atoms with Crippen molar-refractivity contribution in [3.8, 4) is 0 Å². The molecule has 23 heavy (non-hydrogen) atoms. The van der Waals surface area contributed by atoms with Gasteiger partial charge < -0.3 is 16.0 Å². The molecule has 3 amide bonds. The van der Waals surface area contributed by atoms with Gasteiger partial charge in [0.15, 0.2) is 5.96 Å². The maximum atomic E-state index is 12.2. The van der Waals surface area contributed by atoms with Crippen molar-refractivity contribution in [3.05, 3.63) is 0 Å². The Morgan fingerprint density at radius 2 is 1.83 bits per heavy atom. The summed E-state index contributed by atoms with van der Waals surface area (Å²) in [5.41, 5.74) is -0.749. The smallest absolute Gasteiger partial charge is 0.325 e. The van der Waals surface area contributed by atoms with E-state index in [4.69, 9.17) is 0 Å². The molecule has 0 spiro atoms. The lowest BCUT2D eigenvalue weighted by atomic mass is 9.99. The van der Waals surface area contributed by atoms with E-state index in [9.17, 15) is 9.59 Å². The fourth-order valence-corrected chi connectivity index (χ4v) is 2.44. The number of hydrogen-bond donors (Lipinski definition) is 3. The molecule has 1 unspecified atom stereocenters. The van der Waals surface area contributed by atoms with Crippen LogP contribution in [0.4, 0.5) is 4.79 Å². The van der Waals surface area contributed by atoms with E-state index >= 15 is 0 Å². The number of amides is 3. The van der Waals surface area contributed by atoms with Crippen LogP contribution < -0.4 is 16.0 Å². The summed E-state index contributed by atoms with van der Waals surface area (Å²) in [6.45, 7) is 7.82. The molecule has 0 saturated carbocycles. The first-order chi connectivity index (χ1) is 11.0. The van der Waals surface area contributed by atoms with E-state index in [2.05, 4.69) is 27.9 Å². The van der Waals surface area contributed by atoms with Crippen LogP contribution in [0, 0.1) is 0 Å². The minimum Gasteiger partial charge on any atom is -0.356 e. The van der Waals surface area contributed by atoms with Crippen LogP contribution in [-0.2, 0) is 4.79 Å². The Hall–Kier alpha value is -1.79. The summed E-state index contributed by atoms with van der Waals surface area (Å²) in [5, 5.41) is 9.22. The van der Waals surface area contributed by atoms with E-state index in [1.807, 2.05) is 6.92 Å². The second-order valence-corrected chi connectivity index (χ2v) is 6.06. The van der Waals surface area contributed by atoms with Gasteiger partial charge in [0.05, 0.1) is 0 Å². The maximum absolute atomic E-state index is 12.2. The monoisotopic (exact) mass is 325 g/mol. The van der Waals surface area contributed by atoms with Crippen molar-refractivity contribution in [2.45, 2.75) is 58.4 Å². The second kappa shape index (κ2) is 9.37. The van der Waals surface area contributed by atoms with Crippen LogP contribution in [0.5, 0.6) is 0 Å². The minimum atomic E-state index is -0.749. The van der Waals surface area contributed by atoms with Crippen LogP contribution >= 0.6 is 0 Å². The molecule has 1 aliphatic heterocycles. The number of guanidine groups is 1. The summed E-state index contributed by atoms with van der Waals surface area (Å²) in [4.78, 5) is 29.6. The van der Waals surface area contributed by atoms with Gasteiger partial charge in [0.25, 0.3) is 5.91 Å². The number of carbonyl (C=O) groups excluding carboxylic acids is 2. The molecule has 1 saturated heterocycles. The molecule has 7 nitrogen and oxygen atoms in total. The molecule has 132 valence electrons. The third-order valence-corrected chi connectivity index (χ3v) is 4.20. The van der Waals surface area contributed by atoms with E-state index in [1.54, 1.807) is 14.0 Å². The average Bonchev–Trinajstić information content (AvgIpc) is 2.76. The quantitative estimate of drug-likeness (QED) is 0.259. The summed E-state index contributed by atoms with van der Waals surface area (Å²) >= 11 is 0. The number of imide groups is 1. The number of carbonyl (C=O) groups is 2. The van der Waals surface area contributed by atoms with Crippen molar-refractivity contribution in [3.63, 3.8) is 0 Å². The highest BCUT2D eigenvalue weighted by molar-refractivity contribution is 6.06. The molecule has 0 aliphatic carbocycles. The lowest BCUT2D eigenvalue weighted by Gasteiger charge is -2.19. The van der Waals surface area contributed by atoms with Crippen molar-refractivity contribution in [2.75, 3.05) is 26.7 Å². The van der Waals surface area contributed by atoms with E-state index in [0.717, 1.165) is 18.9 Å². The van der Waals surface area contributed by atoms with Gasteiger partial charge in [-0.25, -0.2) is 4.79 Å². The fraction of sp³-hybridized carbons (Fsp3) is 0.812. The van der Waals surface area contributed by atoms with E-state index in [-0.39, 0.29) is 11.9 Å². The van der Waals surface area contributed by atoms with Crippen molar-refractivity contribution >= 4 is 17.9 Å². The van der Waals surface area contributed by atoms with Gasteiger partial charge >= 0.3 is 6.03 Å². The van der Waals surface area contributed by atoms with Crippen LogP contribution in [0.2, 0.25) is 0 Å². The Bertz CT molecular complexity index is 438. The van der Waals surface area contributed by atoms with E-state index in [0.29, 0.717) is 25.9 Å². The van der Waals surface area contributed by atoms with Gasteiger partial charge in [-0.3, -0.25) is 14.7 Å². The minimum absolute atomic E-state index is 0.132. The highest BCUT2D eigenvalue weighted by Crippen LogP contribution is 2.20. The predicted octanol–water partition coefficient (Wildman–Crippen LogP) is 1.45. The Morgan fingerprint density at radius 1 is 1.17 bits per heavy atom. The molecule has 3 N–H and O–H groups in total. The van der Waals surface area contributed by atoms with Crippen LogP contribution in [0.1, 0.15) is 52.9 Å². The lowest BCUT2D eigenvalue weighted by Crippen LogP contribution is -2.43. The summed E-state index contributed by atoms with van der Waals surface area (Å²) in [7, 11) is 1.74. The number of unbranched alkanes of at least 4 members (excludes halogenated alkanes) is 2. The molecular weight excluding hydrogens is 294 g/mol. The zero-order valence-corrected chi connectivity index (χ0v) is 14.9. The number of nitrogens with zero attached hydrogens (tertiary/aromatic N) is 2. The first-order valence-corrected chi connectivity index (χ1v) is 8.57. The first kappa shape index (κ1) is 19.3. The van der Waals surface area contributed by atoms with Crippen LogP contribution in [0.25, 0.3) is 0 Å². The predicted molar refractivity (Wildman–Crippen MR) is 92.4 cm³/mol. The number of hydrogen-bond acceptors (Lipinski definition) is 3. The highest BCUT2D eigenvalue weighted by atomic mass is 16.2. The van der Waals surface area contributed by atoms with Gasteiger partial charge in [0, 0.05) is 26.7 Å². The third-order valence-electron chi connectivity index (χ3n) is 4.20. The molecule has 0 radical (unpaired) electrons. The maximum Gasteiger partial charge on any atom is 0.325 e. The van der Waals surface area contributed by atoms with Crippen molar-refractivity contribution < 1.29 is 9.59 Å². The number of nitrogens with one attached hydrogen (secondary N) is 3. The van der Waals surface area contributed by atoms with Crippen LogP contribution in [-0.4, -0.2) is 55.0 Å². The fourth-order valence-electron chi connectivity index (χ4n) is 2.44. The molecule has 0 bridgehead atoms. The Morgan fingerprint density at radius 3 is 2.35 bits per heavy atom. The molecule has 1 heterocycles. The molecule has 0 aromatic carbocycles. The zero-order chi connectivity index (χ0) is 17.3. The van der Waals surface area contributed by atoms with Crippen LogP contribution in [0.15, 0.2) is 4.99 Å². The zero-order valence-electron chi connectivity index (χ0n) is 14.9. The standard InChI is InChI=1S/C16H31N5O2/c1-5-7-8-10-18-14(17-4)19-11-9-12-21-13(22)16(3,6-2)20-15(21)23/h5-12H2,1-4H3,(H,20,23)(H2,17,18,19). The van der Waals surface area contributed by atoms with Gasteiger partial charge in [-0.05, 0) is 26.2 Å². The van der Waals surface area contributed by atoms with E-state index < -0.39 is 5.54 Å². The van der Waals surface area contributed by atoms with Gasteiger partial charge in [0.2, 0.25) is 0 Å². The molecule has 1 aliphatic rings. The molecule has 7 heteroatoms. The number of rotatable bonds is 9. The van der Waals surface area contributed by atoms with Crippen molar-refractivity contribution in [1.29, 1.82) is 0 Å². The summed E-state index contributed by atoms with van der Waals surface area (Å²) in [6, 6.07) is -0.290. The molecule has 0 aromatic heterocycles. The first-order valence-electron chi connectivity index (χ1n) is 8.57. The highest BCUT2D eigenvalue weighted by Gasteiger charge is 2.45. The van der Waals surface area contributed by atoms with Crippen molar-refractivity contribution in [2.24, 2.45) is 4.99 Å². The van der Waals surface area contributed by atoms with Crippen molar-refractivity contribution in [1.82, 2.24) is 20.9 Å². The Balaban J connectivity index is 2.29. The lowest BCUT2D eigenvalue weighted by molar-refractivity contribution is -0.130. The molecule has 1 rings (SSSR count). The van der Waals surface area contributed by atoms with Crippen LogP contribution in [0.3, 0.4) is 0 Å². The van der Waals surface area contributed by atoms with Gasteiger partial charge in [-0.15, -0.1) is 0 Å². The number of aliphatic imine (C=N–C) groups is 1. The second-order valence-electron chi connectivity index (χ2n) is 6.06. The Kier molecular flexibility index (Phi) is 7.85. The Labute approximate surface area is 139 Å². The summed E-state index contributed by atoms with van der Waals surface area (Å²) in [5.74, 6) is 0.628. The third kappa shape index (κ3) is 5.41. The average molecular weight is 325 g/mol. The largest absolute Gasteiger partial charge is 0.356 e.